The van der Waals surface area contributed by atoms with Crippen LogP contribution in [0.25, 0.3) is 0 Å². The predicted octanol–water partition coefficient (Wildman–Crippen LogP) is -1.35. The smallest absolute Gasteiger partial charge is 0.216 e. The topological polar surface area (TPSA) is 132 Å². The number of nitrogens with two attached hydrogens (primary N) is 2. The van der Waals surface area contributed by atoms with Gasteiger partial charge in [0.2, 0.25) is 11.9 Å². The van der Waals surface area contributed by atoms with Crippen molar-refractivity contribution in [3.8, 4) is 0 Å². The van der Waals surface area contributed by atoms with E-state index in [1.807, 2.05) is 0 Å². The van der Waals surface area contributed by atoms with Crippen LogP contribution >= 0.6 is 0 Å². The summed E-state index contributed by atoms with van der Waals surface area (Å²) in [5, 5.41) is 18.0. The first-order chi connectivity index (χ1) is 5.59. The van der Waals surface area contributed by atoms with Gasteiger partial charge in [-0.1, -0.05) is 0 Å². The van der Waals surface area contributed by atoms with Gasteiger partial charge in [-0.2, -0.15) is 10.1 Å². The van der Waals surface area contributed by atoms with Gasteiger partial charge < -0.3 is 16.3 Å². The van der Waals surface area contributed by atoms with Crippen LogP contribution in [0.5, 0.6) is 0 Å². The van der Waals surface area contributed by atoms with Crippen LogP contribution in [0.15, 0.2) is 5.10 Å². The molecular weight excluding hydrogens is 160 g/mol. The number of hydrazone groups is 1. The summed E-state index contributed by atoms with van der Waals surface area (Å²) in [5.41, 5.74) is 10.0. The first kappa shape index (κ1) is 10.1. The molecule has 0 aliphatic rings. The van der Waals surface area contributed by atoms with Crippen molar-refractivity contribution in [3.05, 3.63) is 0 Å². The molecule has 0 spiro atoms. The van der Waals surface area contributed by atoms with Crippen LogP contribution in [-0.2, 0) is 4.79 Å². The third-order valence-electron chi connectivity index (χ3n) is 0.855. The number of nitrogens with one attached hydrogen (secondary N) is 2. The highest BCUT2D eigenvalue weighted by Crippen LogP contribution is 1.84. The molecule has 0 aliphatic carbocycles. The summed E-state index contributed by atoms with van der Waals surface area (Å²) in [6.07, 6.45) is 1.93. The number of guanidine groups is 2. The molecule has 0 aromatic heterocycles. The summed E-state index contributed by atoms with van der Waals surface area (Å²) in [4.78, 5) is 9.85. The molecule has 0 aromatic carbocycles. The zero-order valence-electron chi connectivity index (χ0n) is 6.32. The molecule has 0 rings (SSSR count). The molecule has 6 N–H and O–H groups in total. The summed E-state index contributed by atoms with van der Waals surface area (Å²) in [7, 11) is 0. The van der Waals surface area contributed by atoms with Crippen molar-refractivity contribution >= 4 is 24.4 Å². The largest absolute Gasteiger partial charge is 0.368 e. The quantitative estimate of drug-likeness (QED) is 0.180. The van der Waals surface area contributed by atoms with Gasteiger partial charge in [0.25, 0.3) is 0 Å². The molecule has 7 nitrogen and oxygen atoms in total. The van der Waals surface area contributed by atoms with E-state index in [4.69, 9.17) is 22.3 Å². The van der Waals surface area contributed by atoms with Crippen LogP contribution in [0.2, 0.25) is 0 Å². The molecule has 12 heavy (non-hydrogen) atoms. The molecule has 0 saturated heterocycles. The second kappa shape index (κ2) is 4.83. The summed E-state index contributed by atoms with van der Waals surface area (Å²) in [6, 6.07) is 0. The van der Waals surface area contributed by atoms with E-state index < -0.39 is 11.9 Å². The highest BCUT2D eigenvalue weighted by molar-refractivity contribution is 5.94. The van der Waals surface area contributed by atoms with E-state index in [2.05, 4.69) is 5.10 Å². The predicted molar refractivity (Wildman–Crippen MR) is 44.8 cm³/mol. The Morgan fingerprint density at radius 1 is 1.42 bits per heavy atom. The lowest BCUT2D eigenvalue weighted by atomic mass is 10.5. The molecule has 0 aromatic rings. The minimum atomic E-state index is -0.468. The Morgan fingerprint density at radius 3 is 2.25 bits per heavy atom. The third-order valence-corrected chi connectivity index (χ3v) is 0.855. The molecular formula is C5H10N6O. The number of hydrogen-bond acceptors (Lipinski definition) is 4. The maximum atomic E-state index is 9.85. The number of aldehydes is 1. The van der Waals surface area contributed by atoms with Crippen molar-refractivity contribution in [3.63, 3.8) is 0 Å². The lowest BCUT2D eigenvalue weighted by Crippen LogP contribution is -2.41. The highest BCUT2D eigenvalue weighted by atomic mass is 16.1. The molecule has 0 unspecified atom stereocenters. The second-order valence-electron chi connectivity index (χ2n) is 1.78. The zero-order valence-corrected chi connectivity index (χ0v) is 6.32. The highest BCUT2D eigenvalue weighted by Gasteiger charge is 2.05. The molecule has 0 aliphatic heterocycles. The van der Waals surface area contributed by atoms with Crippen molar-refractivity contribution in [2.45, 2.75) is 6.42 Å². The van der Waals surface area contributed by atoms with Crippen molar-refractivity contribution < 1.29 is 4.79 Å². The molecule has 0 heterocycles. The van der Waals surface area contributed by atoms with E-state index in [1.165, 1.54) is 6.21 Å². The van der Waals surface area contributed by atoms with E-state index in [0.717, 1.165) is 0 Å². The number of carbonyl (C=O) groups is 1. The average Bonchev–Trinajstić information content (AvgIpc) is 1.96. The van der Waals surface area contributed by atoms with Gasteiger partial charge >= 0.3 is 0 Å². The van der Waals surface area contributed by atoms with Crippen molar-refractivity contribution in [2.75, 3.05) is 0 Å². The standard InChI is InChI=1S/C5H10N6O/c6-4(7)11(5(8)9)10-2-1-3-12/h2-3H,1H2,(H3,6,7)(H3,8,9)/b10-2-. The van der Waals surface area contributed by atoms with Gasteiger partial charge in [0, 0.05) is 12.6 Å². The van der Waals surface area contributed by atoms with E-state index >= 15 is 0 Å². The normalized spacial score (nSPS) is 9.67. The Labute approximate surface area is 69.0 Å². The van der Waals surface area contributed by atoms with E-state index in [1.54, 1.807) is 0 Å². The number of nitrogens with zero attached hydrogens (tertiary/aromatic N) is 2. The Bertz CT molecular complexity index is 208. The fourth-order valence-electron chi connectivity index (χ4n) is 0.426. The number of rotatable bonds is 3. The maximum Gasteiger partial charge on any atom is 0.216 e. The van der Waals surface area contributed by atoms with Crippen LogP contribution in [0.1, 0.15) is 6.42 Å². The molecule has 0 saturated carbocycles. The van der Waals surface area contributed by atoms with E-state index in [-0.39, 0.29) is 6.42 Å². The van der Waals surface area contributed by atoms with Gasteiger partial charge in [-0.25, -0.2) is 0 Å². The minimum Gasteiger partial charge on any atom is -0.368 e. The van der Waals surface area contributed by atoms with Crippen molar-refractivity contribution in [1.29, 1.82) is 10.8 Å². The fourth-order valence-corrected chi connectivity index (χ4v) is 0.426. The molecule has 0 amide bonds. The van der Waals surface area contributed by atoms with Crippen LogP contribution in [0, 0.1) is 10.8 Å². The van der Waals surface area contributed by atoms with Crippen molar-refractivity contribution in [2.24, 2.45) is 16.6 Å². The van der Waals surface area contributed by atoms with Gasteiger partial charge in [-0.05, 0) is 0 Å². The first-order valence-electron chi connectivity index (χ1n) is 3.03. The third kappa shape index (κ3) is 3.30. The van der Waals surface area contributed by atoms with Gasteiger partial charge in [0.05, 0.1) is 0 Å². The van der Waals surface area contributed by atoms with Crippen LogP contribution < -0.4 is 11.5 Å². The second-order valence-corrected chi connectivity index (χ2v) is 1.78. The van der Waals surface area contributed by atoms with Crippen LogP contribution in [0.3, 0.4) is 0 Å². The average molecular weight is 170 g/mol. The van der Waals surface area contributed by atoms with E-state index in [9.17, 15) is 4.79 Å². The Hall–Kier alpha value is -1.92. The molecule has 7 heteroatoms. The summed E-state index contributed by atoms with van der Waals surface area (Å²) < 4.78 is 0. The monoisotopic (exact) mass is 170 g/mol. The first-order valence-corrected chi connectivity index (χ1v) is 3.03. The molecule has 0 atom stereocenters. The Kier molecular flexibility index (Phi) is 4.06. The minimum absolute atomic E-state index is 0.0943. The SMILES string of the molecule is N=C(N)N(/N=C\CC=O)C(=N)N. The molecule has 0 bridgehead atoms. The van der Waals surface area contributed by atoms with Crippen molar-refractivity contribution in [1.82, 2.24) is 5.01 Å². The molecule has 0 fully saturated rings. The Balaban J connectivity index is 4.23. The molecule has 66 valence electrons. The lowest BCUT2D eigenvalue weighted by Gasteiger charge is -2.12. The molecule has 0 radical (unpaired) electrons. The van der Waals surface area contributed by atoms with Crippen LogP contribution in [0.4, 0.5) is 0 Å². The zero-order chi connectivity index (χ0) is 9.56. The van der Waals surface area contributed by atoms with Gasteiger partial charge in [-0.15, -0.1) is 0 Å². The van der Waals surface area contributed by atoms with E-state index in [0.29, 0.717) is 11.3 Å². The maximum absolute atomic E-state index is 9.85. The van der Waals surface area contributed by atoms with Gasteiger partial charge in [0.1, 0.15) is 6.29 Å². The summed E-state index contributed by atoms with van der Waals surface area (Å²) in [6.45, 7) is 0. The fraction of sp³-hybridized carbons (Fsp3) is 0.200. The van der Waals surface area contributed by atoms with Gasteiger partial charge in [0.15, 0.2) is 0 Å². The van der Waals surface area contributed by atoms with Gasteiger partial charge in [-0.3, -0.25) is 10.8 Å². The lowest BCUT2D eigenvalue weighted by molar-refractivity contribution is -0.106. The summed E-state index contributed by atoms with van der Waals surface area (Å²) >= 11 is 0. The Morgan fingerprint density at radius 2 is 1.92 bits per heavy atom. The number of carbonyl (C=O) groups excluding carboxylic acids is 1. The number of hydrogen-bond donors (Lipinski definition) is 4. The van der Waals surface area contributed by atoms with Crippen LogP contribution in [-0.4, -0.2) is 29.4 Å². The summed E-state index contributed by atoms with van der Waals surface area (Å²) in [5.74, 6) is -0.936.